The predicted octanol–water partition coefficient (Wildman–Crippen LogP) is 2.84. The Kier molecular flexibility index (Phi) is 5.15. The van der Waals surface area contributed by atoms with Crippen LogP contribution >= 0.6 is 0 Å². The molecule has 1 atom stereocenters. The maximum atomic E-state index is 9.71. The molecule has 0 aliphatic rings. The normalized spacial score (nSPS) is 12.3. The minimum atomic E-state index is -0.420. The number of methoxy groups -OCH3 is 1. The van der Waals surface area contributed by atoms with Gasteiger partial charge in [0.25, 0.3) is 0 Å². The molecule has 0 amide bonds. The van der Waals surface area contributed by atoms with Gasteiger partial charge in [-0.2, -0.15) is 0 Å². The first-order chi connectivity index (χ1) is 9.72. The lowest BCUT2D eigenvalue weighted by Gasteiger charge is -2.09. The highest BCUT2D eigenvalue weighted by atomic mass is 16.5. The molecule has 0 spiro atoms. The van der Waals surface area contributed by atoms with Gasteiger partial charge in [-0.3, -0.25) is 0 Å². The van der Waals surface area contributed by atoms with E-state index < -0.39 is 6.10 Å². The van der Waals surface area contributed by atoms with Crippen molar-refractivity contribution in [1.82, 2.24) is 5.16 Å². The van der Waals surface area contributed by atoms with Crippen molar-refractivity contribution in [2.24, 2.45) is 0 Å². The molecule has 0 aliphatic carbocycles. The van der Waals surface area contributed by atoms with Crippen molar-refractivity contribution < 1.29 is 19.1 Å². The van der Waals surface area contributed by atoms with Crippen LogP contribution in [0.3, 0.4) is 0 Å². The van der Waals surface area contributed by atoms with Crippen molar-refractivity contribution in [3.63, 3.8) is 0 Å². The van der Waals surface area contributed by atoms with Gasteiger partial charge in [-0.05, 0) is 24.1 Å². The Morgan fingerprint density at radius 3 is 2.65 bits per heavy atom. The van der Waals surface area contributed by atoms with Crippen molar-refractivity contribution in [2.75, 3.05) is 7.11 Å². The molecule has 0 unspecified atom stereocenters. The van der Waals surface area contributed by atoms with Crippen LogP contribution < -0.4 is 4.74 Å². The monoisotopic (exact) mass is 277 g/mol. The van der Waals surface area contributed by atoms with Crippen LogP contribution in [0.1, 0.15) is 36.5 Å². The molecule has 20 heavy (non-hydrogen) atoms. The fourth-order valence-electron chi connectivity index (χ4n) is 1.81. The zero-order valence-corrected chi connectivity index (χ0v) is 11.7. The first-order valence-corrected chi connectivity index (χ1v) is 6.57. The van der Waals surface area contributed by atoms with E-state index in [0.29, 0.717) is 25.4 Å². The highest BCUT2D eigenvalue weighted by molar-refractivity contribution is 5.28. The van der Waals surface area contributed by atoms with Crippen molar-refractivity contribution in [1.29, 1.82) is 0 Å². The summed E-state index contributed by atoms with van der Waals surface area (Å²) in [6.45, 7) is 2.68. The Hall–Kier alpha value is -1.85. The molecule has 0 radical (unpaired) electrons. The maximum absolute atomic E-state index is 9.71. The Labute approximate surface area is 118 Å². The first kappa shape index (κ1) is 14.6. The van der Waals surface area contributed by atoms with Crippen LogP contribution in [0.25, 0.3) is 0 Å². The molecule has 1 aromatic carbocycles. The quantitative estimate of drug-likeness (QED) is 0.843. The average Bonchev–Trinajstić information content (AvgIpc) is 2.93. The molecule has 1 aromatic heterocycles. The van der Waals surface area contributed by atoms with E-state index in [4.69, 9.17) is 14.0 Å². The van der Waals surface area contributed by atoms with Gasteiger partial charge in [-0.25, -0.2) is 0 Å². The molecule has 0 bridgehead atoms. The number of hydrogen-bond acceptors (Lipinski definition) is 5. The van der Waals surface area contributed by atoms with Crippen LogP contribution in [-0.2, 0) is 18.0 Å². The lowest BCUT2D eigenvalue weighted by atomic mass is 10.1. The third-order valence-electron chi connectivity index (χ3n) is 2.93. The molecule has 5 nitrogen and oxygen atoms in total. The molecule has 2 aromatic rings. The molecule has 0 fully saturated rings. The number of ether oxygens (including phenoxy) is 2. The Morgan fingerprint density at radius 2 is 2.00 bits per heavy atom. The second kappa shape index (κ2) is 7.07. The van der Waals surface area contributed by atoms with Crippen LogP contribution in [0.4, 0.5) is 0 Å². The van der Waals surface area contributed by atoms with Crippen LogP contribution in [-0.4, -0.2) is 17.4 Å². The molecule has 108 valence electrons. The second-order valence-electron chi connectivity index (χ2n) is 4.50. The van der Waals surface area contributed by atoms with Gasteiger partial charge in [-0.15, -0.1) is 0 Å². The van der Waals surface area contributed by atoms with Crippen molar-refractivity contribution in [3.05, 3.63) is 47.3 Å². The predicted molar refractivity (Wildman–Crippen MR) is 73.2 cm³/mol. The number of aliphatic hydroxyl groups is 1. The molecule has 5 heteroatoms. The summed E-state index contributed by atoms with van der Waals surface area (Å²) < 4.78 is 15.6. The highest BCUT2D eigenvalue weighted by Gasteiger charge is 2.06. The fourth-order valence-corrected chi connectivity index (χ4v) is 1.81. The summed E-state index contributed by atoms with van der Waals surface area (Å²) in [4.78, 5) is 0. The summed E-state index contributed by atoms with van der Waals surface area (Å²) in [6, 6.07) is 9.21. The van der Waals surface area contributed by atoms with Gasteiger partial charge in [0.15, 0.2) is 5.76 Å². The van der Waals surface area contributed by atoms with Crippen LogP contribution in [0.2, 0.25) is 0 Å². The zero-order valence-electron chi connectivity index (χ0n) is 11.7. The smallest absolute Gasteiger partial charge is 0.162 e. The van der Waals surface area contributed by atoms with E-state index in [1.54, 1.807) is 13.2 Å². The minimum absolute atomic E-state index is 0.336. The number of hydrogen-bond donors (Lipinski definition) is 1. The summed E-state index contributed by atoms with van der Waals surface area (Å²) in [6.07, 6.45) is 0.276. The molecular weight excluding hydrogens is 258 g/mol. The summed E-state index contributed by atoms with van der Waals surface area (Å²) in [5, 5.41) is 13.6. The molecule has 2 rings (SSSR count). The van der Waals surface area contributed by atoms with Crippen LogP contribution in [0, 0.1) is 0 Å². The Morgan fingerprint density at radius 1 is 1.25 bits per heavy atom. The van der Waals surface area contributed by atoms with Crippen molar-refractivity contribution >= 4 is 0 Å². The van der Waals surface area contributed by atoms with Crippen molar-refractivity contribution in [3.8, 4) is 5.75 Å². The van der Waals surface area contributed by atoms with E-state index in [1.807, 2.05) is 31.2 Å². The minimum Gasteiger partial charge on any atom is -0.487 e. The number of nitrogens with zero attached hydrogens (tertiary/aromatic N) is 1. The molecule has 1 heterocycles. The third kappa shape index (κ3) is 3.82. The molecule has 1 N–H and O–H groups in total. The average molecular weight is 277 g/mol. The molecular formula is C15H19NO4. The topological polar surface area (TPSA) is 64.7 Å². The lowest BCUT2D eigenvalue weighted by molar-refractivity contribution is 0.155. The summed E-state index contributed by atoms with van der Waals surface area (Å²) in [5.74, 6) is 1.40. The van der Waals surface area contributed by atoms with Crippen molar-refractivity contribution in [2.45, 2.75) is 32.7 Å². The second-order valence-corrected chi connectivity index (χ2v) is 4.50. The van der Waals surface area contributed by atoms with Gasteiger partial charge < -0.3 is 19.1 Å². The van der Waals surface area contributed by atoms with Gasteiger partial charge in [0.2, 0.25) is 0 Å². The fraction of sp³-hybridized carbons (Fsp3) is 0.400. The van der Waals surface area contributed by atoms with Gasteiger partial charge in [0.05, 0.1) is 6.10 Å². The third-order valence-corrected chi connectivity index (χ3v) is 2.93. The zero-order chi connectivity index (χ0) is 14.4. The standard InChI is InChI=1S/C15H19NO4/c1-3-15(17)11-4-6-13(7-5-11)19-9-12-8-14(10-18-2)20-16-12/h4-8,15,17H,3,9-10H2,1-2H3/t15-/m1/s1. The largest absolute Gasteiger partial charge is 0.487 e. The molecule has 0 saturated heterocycles. The Bertz CT molecular complexity index is 521. The molecule has 0 aliphatic heterocycles. The van der Waals surface area contributed by atoms with Gasteiger partial charge in [0, 0.05) is 13.2 Å². The van der Waals surface area contributed by atoms with E-state index in [1.165, 1.54) is 0 Å². The van der Waals surface area contributed by atoms with Crippen LogP contribution in [0.15, 0.2) is 34.9 Å². The van der Waals surface area contributed by atoms with E-state index in [9.17, 15) is 5.11 Å². The van der Waals surface area contributed by atoms with Gasteiger partial charge >= 0.3 is 0 Å². The van der Waals surface area contributed by atoms with Gasteiger partial charge in [0.1, 0.15) is 24.7 Å². The van der Waals surface area contributed by atoms with E-state index in [-0.39, 0.29) is 0 Å². The summed E-state index contributed by atoms with van der Waals surface area (Å²) in [7, 11) is 1.60. The number of rotatable bonds is 7. The molecule has 0 saturated carbocycles. The van der Waals surface area contributed by atoms with E-state index in [2.05, 4.69) is 5.16 Å². The summed E-state index contributed by atoms with van der Waals surface area (Å²) >= 11 is 0. The van der Waals surface area contributed by atoms with Gasteiger partial charge in [-0.1, -0.05) is 24.2 Å². The lowest BCUT2D eigenvalue weighted by Crippen LogP contribution is -1.97. The van der Waals surface area contributed by atoms with Crippen LogP contribution in [0.5, 0.6) is 5.75 Å². The highest BCUT2D eigenvalue weighted by Crippen LogP contribution is 2.20. The SMILES string of the molecule is CC[C@@H](O)c1ccc(OCc2cc(COC)on2)cc1. The summed E-state index contributed by atoms with van der Waals surface area (Å²) in [5.41, 5.74) is 1.61. The number of aromatic nitrogens is 1. The Balaban J connectivity index is 1.89. The maximum Gasteiger partial charge on any atom is 0.162 e. The number of benzene rings is 1. The number of aliphatic hydroxyl groups excluding tert-OH is 1. The first-order valence-electron chi connectivity index (χ1n) is 6.57. The van der Waals surface area contributed by atoms with E-state index in [0.717, 1.165) is 17.0 Å². The van der Waals surface area contributed by atoms with E-state index >= 15 is 0 Å².